The van der Waals surface area contributed by atoms with Crippen LogP contribution in [-0.4, -0.2) is 45.1 Å². The molecule has 1 saturated heterocycles. The van der Waals surface area contributed by atoms with E-state index in [0.717, 1.165) is 5.03 Å². The Morgan fingerprint density at radius 1 is 1.46 bits per heavy atom. The molecule has 1 aromatic heterocycles. The van der Waals surface area contributed by atoms with Crippen molar-refractivity contribution in [2.24, 2.45) is 5.92 Å². The molecule has 1 aromatic rings. The van der Waals surface area contributed by atoms with Gasteiger partial charge in [0, 0.05) is 24.8 Å². The van der Waals surface area contributed by atoms with E-state index in [-0.39, 0.29) is 31.8 Å². The first-order valence-electron chi connectivity index (χ1n) is 8.65. The number of rotatable bonds is 6. The van der Waals surface area contributed by atoms with Crippen molar-refractivity contribution in [3.63, 3.8) is 0 Å². The first kappa shape index (κ1) is 19.0. The Bertz CT molecular complexity index is 760. The van der Waals surface area contributed by atoms with Crippen LogP contribution in [0.3, 0.4) is 0 Å². The molecule has 7 heteroatoms. The zero-order chi connectivity index (χ0) is 18.9. The summed E-state index contributed by atoms with van der Waals surface area (Å²) in [6.45, 7) is 4.65. The normalized spacial score (nSPS) is 24.2. The lowest BCUT2D eigenvalue weighted by atomic mass is 9.89. The average molecular weight is 380 g/mol. The summed E-state index contributed by atoms with van der Waals surface area (Å²) in [5.41, 5.74) is 1.20. The van der Waals surface area contributed by atoms with Crippen LogP contribution in [0.2, 0.25) is 0 Å². The van der Waals surface area contributed by atoms with Crippen LogP contribution in [0.25, 0.3) is 5.57 Å². The number of carbonyl (C=O) groups is 1. The highest BCUT2D eigenvalue weighted by atomic mass is 32.2. The number of pyridine rings is 1. The molecule has 2 heterocycles. The second-order valence-corrected chi connectivity index (χ2v) is 8.61. The molecule has 1 fully saturated rings. The van der Waals surface area contributed by atoms with E-state index in [1.807, 2.05) is 12.1 Å². The number of thioether (sulfide) groups is 1. The van der Waals surface area contributed by atoms with Gasteiger partial charge in [0.05, 0.1) is 17.1 Å². The summed E-state index contributed by atoms with van der Waals surface area (Å²) in [5, 5.41) is 10.0. The van der Waals surface area contributed by atoms with Crippen LogP contribution < -0.4 is 0 Å². The minimum Gasteiger partial charge on any atom is -0.481 e. The van der Waals surface area contributed by atoms with Crippen molar-refractivity contribution < 1.29 is 18.7 Å². The van der Waals surface area contributed by atoms with Crippen LogP contribution in [0.4, 0.5) is 8.78 Å². The van der Waals surface area contributed by atoms with Crippen LogP contribution in [-0.2, 0) is 4.79 Å². The monoisotopic (exact) mass is 380 g/mol. The topological polar surface area (TPSA) is 53.4 Å². The number of likely N-dealkylation sites (tertiary alicyclic amines) is 1. The van der Waals surface area contributed by atoms with Crippen molar-refractivity contribution in [1.82, 2.24) is 9.88 Å². The van der Waals surface area contributed by atoms with Gasteiger partial charge in [-0.05, 0) is 29.7 Å². The van der Waals surface area contributed by atoms with Gasteiger partial charge < -0.3 is 5.11 Å². The molecule has 26 heavy (non-hydrogen) atoms. The number of aromatic nitrogens is 1. The summed E-state index contributed by atoms with van der Waals surface area (Å²) in [5.74, 6) is -4.05. The van der Waals surface area contributed by atoms with Crippen molar-refractivity contribution in [2.75, 3.05) is 13.1 Å². The number of aliphatic carboxylic acids is 1. The quantitative estimate of drug-likeness (QED) is 0.589. The van der Waals surface area contributed by atoms with E-state index >= 15 is 4.39 Å². The smallest absolute Gasteiger partial charge is 0.303 e. The second-order valence-electron chi connectivity index (χ2n) is 7.01. The van der Waals surface area contributed by atoms with Gasteiger partial charge in [0.1, 0.15) is 0 Å². The molecule has 1 unspecified atom stereocenters. The number of allylic oxidation sites excluding steroid dienone is 2. The Labute approximate surface area is 156 Å². The molecular weight excluding hydrogens is 358 g/mol. The number of alkyl halides is 1. The number of hydrogen-bond donors (Lipinski definition) is 1. The van der Waals surface area contributed by atoms with Gasteiger partial charge >= 0.3 is 5.97 Å². The maximum atomic E-state index is 15.1. The maximum absolute atomic E-state index is 15.1. The fourth-order valence-electron chi connectivity index (χ4n) is 3.23. The Morgan fingerprint density at radius 3 is 2.81 bits per heavy atom. The molecule has 1 atom stereocenters. The van der Waals surface area contributed by atoms with E-state index in [1.165, 1.54) is 11.0 Å². The number of hydrogen-bond acceptors (Lipinski definition) is 4. The minimum absolute atomic E-state index is 0.0107. The Hall–Kier alpha value is -1.73. The number of carboxylic acids is 1. The number of halogens is 2. The van der Waals surface area contributed by atoms with Gasteiger partial charge in [0.25, 0.3) is 0 Å². The fourth-order valence-corrected chi connectivity index (χ4v) is 4.02. The SMILES string of the molecule is CC(C)Sc1cccc(C2=CCC(F)(N3CC(CC(=O)O)C3)C(F)=C2)n1. The Kier molecular flexibility index (Phi) is 5.48. The zero-order valence-electron chi connectivity index (χ0n) is 14.8. The molecule has 2 aliphatic rings. The van der Waals surface area contributed by atoms with Crippen molar-refractivity contribution in [1.29, 1.82) is 0 Å². The van der Waals surface area contributed by atoms with Gasteiger partial charge in [-0.1, -0.05) is 26.0 Å². The maximum Gasteiger partial charge on any atom is 0.303 e. The minimum atomic E-state index is -2.18. The molecule has 0 aromatic carbocycles. The van der Waals surface area contributed by atoms with Gasteiger partial charge in [-0.15, -0.1) is 11.8 Å². The van der Waals surface area contributed by atoms with Crippen molar-refractivity contribution >= 4 is 23.3 Å². The van der Waals surface area contributed by atoms with Gasteiger partial charge in [-0.3, -0.25) is 9.69 Å². The van der Waals surface area contributed by atoms with E-state index < -0.39 is 17.6 Å². The third kappa shape index (κ3) is 3.99. The molecule has 3 rings (SSSR count). The molecule has 1 aliphatic carbocycles. The first-order chi connectivity index (χ1) is 12.3. The molecule has 0 spiro atoms. The van der Waals surface area contributed by atoms with Crippen LogP contribution in [0.15, 0.2) is 41.2 Å². The van der Waals surface area contributed by atoms with E-state index in [0.29, 0.717) is 16.5 Å². The van der Waals surface area contributed by atoms with E-state index in [4.69, 9.17) is 5.11 Å². The molecule has 0 radical (unpaired) electrons. The van der Waals surface area contributed by atoms with Gasteiger partial charge in [0.15, 0.2) is 5.83 Å². The predicted molar refractivity (Wildman–Crippen MR) is 98.2 cm³/mol. The second kappa shape index (κ2) is 7.48. The zero-order valence-corrected chi connectivity index (χ0v) is 15.6. The third-order valence-electron chi connectivity index (χ3n) is 4.54. The largest absolute Gasteiger partial charge is 0.481 e. The predicted octanol–water partition coefficient (Wildman–Crippen LogP) is 4.29. The lowest BCUT2D eigenvalue weighted by Crippen LogP contribution is -2.58. The van der Waals surface area contributed by atoms with Crippen molar-refractivity contribution in [3.8, 4) is 0 Å². The Balaban J connectivity index is 1.71. The molecule has 0 bridgehead atoms. The molecule has 4 nitrogen and oxygen atoms in total. The lowest BCUT2D eigenvalue weighted by Gasteiger charge is -2.47. The van der Waals surface area contributed by atoms with Crippen molar-refractivity contribution in [3.05, 3.63) is 41.9 Å². The summed E-state index contributed by atoms with van der Waals surface area (Å²) in [6.07, 6.45) is 2.76. The lowest BCUT2D eigenvalue weighted by molar-refractivity contribution is -0.143. The van der Waals surface area contributed by atoms with E-state index in [1.54, 1.807) is 23.9 Å². The Morgan fingerprint density at radius 2 is 2.19 bits per heavy atom. The summed E-state index contributed by atoms with van der Waals surface area (Å²) >= 11 is 1.62. The molecule has 0 saturated carbocycles. The average Bonchev–Trinajstić information content (AvgIpc) is 2.52. The highest BCUT2D eigenvalue weighted by molar-refractivity contribution is 7.99. The highest BCUT2D eigenvalue weighted by Gasteiger charge is 2.48. The third-order valence-corrected chi connectivity index (χ3v) is 5.48. The number of carboxylic acid groups (broad SMARTS) is 1. The summed E-state index contributed by atoms with van der Waals surface area (Å²) in [4.78, 5) is 16.6. The van der Waals surface area contributed by atoms with Gasteiger partial charge in [-0.25, -0.2) is 13.8 Å². The van der Waals surface area contributed by atoms with Crippen LogP contribution >= 0.6 is 11.8 Å². The van der Waals surface area contributed by atoms with E-state index in [2.05, 4.69) is 18.8 Å². The highest BCUT2D eigenvalue weighted by Crippen LogP contribution is 2.42. The molecule has 1 aliphatic heterocycles. The summed E-state index contributed by atoms with van der Waals surface area (Å²) in [7, 11) is 0. The molecule has 0 amide bonds. The van der Waals surface area contributed by atoms with Crippen LogP contribution in [0, 0.1) is 5.92 Å². The van der Waals surface area contributed by atoms with Crippen molar-refractivity contribution in [2.45, 2.75) is 42.8 Å². The standard InChI is InChI=1S/C19H22F2N2O2S/c1-12(2)26-17-5-3-4-15(22-17)14-6-7-19(21,16(20)9-14)23-10-13(11-23)8-18(24)25/h3-6,9,12-13H,7-8,10-11H2,1-2H3,(H,24,25). The van der Waals surface area contributed by atoms with Gasteiger partial charge in [0.2, 0.25) is 5.79 Å². The van der Waals surface area contributed by atoms with Gasteiger partial charge in [-0.2, -0.15) is 0 Å². The molecule has 1 N–H and O–H groups in total. The molecule has 140 valence electrons. The van der Waals surface area contributed by atoms with Crippen LogP contribution in [0.5, 0.6) is 0 Å². The van der Waals surface area contributed by atoms with E-state index in [9.17, 15) is 9.18 Å². The number of nitrogens with zero attached hydrogens (tertiary/aromatic N) is 2. The summed E-state index contributed by atoms with van der Waals surface area (Å²) in [6, 6.07) is 5.56. The fraction of sp³-hybridized carbons (Fsp3) is 0.474. The summed E-state index contributed by atoms with van der Waals surface area (Å²) < 4.78 is 29.7. The van der Waals surface area contributed by atoms with Crippen LogP contribution in [0.1, 0.15) is 32.4 Å². The molecular formula is C19H22F2N2O2S. The first-order valence-corrected chi connectivity index (χ1v) is 9.53.